The molecule has 0 aromatic rings. The zero-order chi connectivity index (χ0) is 13.2. The molecule has 0 amide bonds. The van der Waals surface area contributed by atoms with Gasteiger partial charge in [0, 0.05) is 6.92 Å². The van der Waals surface area contributed by atoms with Crippen LogP contribution in [-0.4, -0.2) is 12.1 Å². The lowest BCUT2D eigenvalue weighted by molar-refractivity contribution is -0.155. The molecule has 100 valence electrons. The number of ether oxygens (including phenoxy) is 1. The Kier molecular flexibility index (Phi) is 5.03. The predicted molar refractivity (Wildman–Crippen MR) is 70.6 cm³/mol. The highest BCUT2D eigenvalue weighted by molar-refractivity contribution is 5.66. The van der Waals surface area contributed by atoms with E-state index in [1.54, 1.807) is 0 Å². The van der Waals surface area contributed by atoms with Crippen molar-refractivity contribution in [3.8, 4) is 0 Å². The highest BCUT2D eigenvalue weighted by Gasteiger charge is 2.38. The maximum atomic E-state index is 11.2. The van der Waals surface area contributed by atoms with Gasteiger partial charge in [-0.3, -0.25) is 4.79 Å². The molecule has 1 aliphatic carbocycles. The second-order valence-electron chi connectivity index (χ2n) is 6.39. The van der Waals surface area contributed by atoms with Crippen LogP contribution >= 0.6 is 0 Å². The van der Waals surface area contributed by atoms with Crippen molar-refractivity contribution in [3.05, 3.63) is 0 Å². The van der Waals surface area contributed by atoms with Crippen LogP contribution in [-0.2, 0) is 9.53 Å². The van der Waals surface area contributed by atoms with Crippen molar-refractivity contribution in [1.29, 1.82) is 0 Å². The van der Waals surface area contributed by atoms with E-state index in [1.807, 2.05) is 0 Å². The van der Waals surface area contributed by atoms with Crippen LogP contribution in [0.2, 0.25) is 0 Å². The Morgan fingerprint density at radius 1 is 1.12 bits per heavy atom. The van der Waals surface area contributed by atoms with Gasteiger partial charge in [0.15, 0.2) is 0 Å². The monoisotopic (exact) mass is 240 g/mol. The third-order valence-electron chi connectivity index (χ3n) is 4.49. The molecule has 0 saturated heterocycles. The minimum atomic E-state index is -0.131. The van der Waals surface area contributed by atoms with E-state index in [1.165, 1.54) is 13.3 Å². The number of carbonyl (C=O) groups excluding carboxylic acids is 1. The van der Waals surface area contributed by atoms with Crippen molar-refractivity contribution in [1.82, 2.24) is 0 Å². The van der Waals surface area contributed by atoms with Crippen LogP contribution in [0.3, 0.4) is 0 Å². The van der Waals surface area contributed by atoms with Gasteiger partial charge >= 0.3 is 5.97 Å². The average molecular weight is 240 g/mol. The molecule has 1 aliphatic rings. The molecule has 4 unspecified atom stereocenters. The summed E-state index contributed by atoms with van der Waals surface area (Å²) < 4.78 is 5.53. The van der Waals surface area contributed by atoms with Crippen molar-refractivity contribution >= 4 is 5.97 Å². The molecule has 1 fully saturated rings. The Morgan fingerprint density at radius 2 is 1.71 bits per heavy atom. The van der Waals surface area contributed by atoms with Gasteiger partial charge in [-0.05, 0) is 42.4 Å². The van der Waals surface area contributed by atoms with Crippen LogP contribution in [0, 0.1) is 29.6 Å². The summed E-state index contributed by atoms with van der Waals surface area (Å²) in [5.41, 5.74) is 0. The third kappa shape index (κ3) is 3.72. The first-order valence-electron chi connectivity index (χ1n) is 7.00. The van der Waals surface area contributed by atoms with Gasteiger partial charge in [0.2, 0.25) is 0 Å². The Hall–Kier alpha value is -0.530. The summed E-state index contributed by atoms with van der Waals surface area (Å²) in [5.74, 6) is 3.09. The zero-order valence-electron chi connectivity index (χ0n) is 12.2. The van der Waals surface area contributed by atoms with E-state index in [0.717, 1.165) is 6.42 Å². The minimum Gasteiger partial charge on any atom is -0.462 e. The van der Waals surface area contributed by atoms with E-state index in [2.05, 4.69) is 34.6 Å². The first-order chi connectivity index (χ1) is 7.82. The molecule has 4 atom stereocenters. The maximum Gasteiger partial charge on any atom is 0.302 e. The van der Waals surface area contributed by atoms with E-state index < -0.39 is 0 Å². The molecule has 2 heteroatoms. The van der Waals surface area contributed by atoms with Crippen molar-refractivity contribution in [3.63, 3.8) is 0 Å². The largest absolute Gasteiger partial charge is 0.462 e. The Balaban J connectivity index is 2.78. The maximum absolute atomic E-state index is 11.2. The molecule has 0 spiro atoms. The molecule has 0 aromatic heterocycles. The van der Waals surface area contributed by atoms with E-state index in [0.29, 0.717) is 29.6 Å². The Bertz CT molecular complexity index is 258. The van der Waals surface area contributed by atoms with Gasteiger partial charge in [0.25, 0.3) is 0 Å². The lowest BCUT2D eigenvalue weighted by atomic mass is 9.66. The average Bonchev–Trinajstić information content (AvgIpc) is 2.19. The first-order valence-corrected chi connectivity index (χ1v) is 7.00. The Morgan fingerprint density at radius 3 is 2.12 bits per heavy atom. The normalized spacial score (nSPS) is 34.1. The number of rotatable bonds is 3. The molecule has 0 N–H and O–H groups in total. The standard InChI is InChI=1S/C15H28O2/c1-9(2)13-7-14(10(3)4)11(5)15(8-13)17-12(6)16/h9-11,13-15H,7-8H2,1-6H3. The fraction of sp³-hybridized carbons (Fsp3) is 0.933. The molecule has 1 rings (SSSR count). The van der Waals surface area contributed by atoms with E-state index in [9.17, 15) is 4.79 Å². The summed E-state index contributed by atoms with van der Waals surface area (Å²) in [6, 6.07) is 0. The number of hydrogen-bond acceptors (Lipinski definition) is 2. The second-order valence-corrected chi connectivity index (χ2v) is 6.39. The van der Waals surface area contributed by atoms with Crippen molar-refractivity contribution in [2.75, 3.05) is 0 Å². The molecule has 0 radical (unpaired) electrons. The minimum absolute atomic E-state index is 0.126. The molecule has 0 aliphatic heterocycles. The fourth-order valence-electron chi connectivity index (χ4n) is 3.24. The molecule has 1 saturated carbocycles. The topological polar surface area (TPSA) is 26.3 Å². The number of esters is 1. The molecule has 2 nitrogen and oxygen atoms in total. The van der Waals surface area contributed by atoms with Gasteiger partial charge < -0.3 is 4.74 Å². The second kappa shape index (κ2) is 5.88. The van der Waals surface area contributed by atoms with E-state index in [4.69, 9.17) is 4.74 Å². The zero-order valence-corrected chi connectivity index (χ0v) is 12.2. The molecule has 0 aromatic carbocycles. The van der Waals surface area contributed by atoms with Gasteiger partial charge in [-0.15, -0.1) is 0 Å². The summed E-state index contributed by atoms with van der Waals surface area (Å²) in [5, 5.41) is 0. The van der Waals surface area contributed by atoms with Crippen LogP contribution < -0.4 is 0 Å². The van der Waals surface area contributed by atoms with Crippen LogP contribution in [0.4, 0.5) is 0 Å². The summed E-state index contributed by atoms with van der Waals surface area (Å²) >= 11 is 0. The number of hydrogen-bond donors (Lipinski definition) is 0. The number of carbonyl (C=O) groups is 1. The highest BCUT2D eigenvalue weighted by atomic mass is 16.5. The predicted octanol–water partition coefficient (Wildman–Crippen LogP) is 3.89. The van der Waals surface area contributed by atoms with Crippen molar-refractivity contribution in [2.45, 2.75) is 60.5 Å². The van der Waals surface area contributed by atoms with Gasteiger partial charge in [-0.2, -0.15) is 0 Å². The lowest BCUT2D eigenvalue weighted by Gasteiger charge is -2.43. The van der Waals surface area contributed by atoms with Gasteiger partial charge in [-0.1, -0.05) is 34.6 Å². The lowest BCUT2D eigenvalue weighted by Crippen LogP contribution is -2.40. The van der Waals surface area contributed by atoms with Crippen LogP contribution in [0.15, 0.2) is 0 Å². The highest BCUT2D eigenvalue weighted by Crippen LogP contribution is 2.42. The fourth-order valence-corrected chi connectivity index (χ4v) is 3.24. The van der Waals surface area contributed by atoms with E-state index >= 15 is 0 Å². The third-order valence-corrected chi connectivity index (χ3v) is 4.49. The van der Waals surface area contributed by atoms with Crippen LogP contribution in [0.1, 0.15) is 54.4 Å². The van der Waals surface area contributed by atoms with Crippen LogP contribution in [0.25, 0.3) is 0 Å². The quantitative estimate of drug-likeness (QED) is 0.699. The molecular weight excluding hydrogens is 212 g/mol. The van der Waals surface area contributed by atoms with E-state index in [-0.39, 0.29) is 12.1 Å². The van der Waals surface area contributed by atoms with Gasteiger partial charge in [0.1, 0.15) is 6.10 Å². The molecule has 0 bridgehead atoms. The Labute approximate surface area is 106 Å². The van der Waals surface area contributed by atoms with Crippen LogP contribution in [0.5, 0.6) is 0 Å². The SMILES string of the molecule is CC(=O)OC1CC(C(C)C)CC(C(C)C)C1C. The van der Waals surface area contributed by atoms with Gasteiger partial charge in [-0.25, -0.2) is 0 Å². The summed E-state index contributed by atoms with van der Waals surface area (Å²) in [6.07, 6.45) is 2.46. The smallest absolute Gasteiger partial charge is 0.302 e. The molecule has 17 heavy (non-hydrogen) atoms. The molecular formula is C15H28O2. The summed E-state index contributed by atoms with van der Waals surface area (Å²) in [4.78, 5) is 11.2. The van der Waals surface area contributed by atoms with Crippen molar-refractivity contribution in [2.24, 2.45) is 29.6 Å². The van der Waals surface area contributed by atoms with Crippen molar-refractivity contribution < 1.29 is 9.53 Å². The summed E-state index contributed by atoms with van der Waals surface area (Å²) in [6.45, 7) is 12.9. The summed E-state index contributed by atoms with van der Waals surface area (Å²) in [7, 11) is 0. The van der Waals surface area contributed by atoms with Gasteiger partial charge in [0.05, 0.1) is 0 Å². The first kappa shape index (κ1) is 14.5. The molecule has 0 heterocycles.